The van der Waals surface area contributed by atoms with Gasteiger partial charge in [-0.05, 0) is 12.8 Å². The number of hydrogen-bond acceptors (Lipinski definition) is 4. The van der Waals surface area contributed by atoms with Gasteiger partial charge in [-0.15, -0.1) is 0 Å². The lowest BCUT2D eigenvalue weighted by Gasteiger charge is -2.51. The molecule has 22 heavy (non-hydrogen) atoms. The lowest BCUT2D eigenvalue weighted by Crippen LogP contribution is -2.76. The molecule has 1 heterocycles. The Morgan fingerprint density at radius 1 is 1.14 bits per heavy atom. The number of alkyl halides is 1. The van der Waals surface area contributed by atoms with Crippen LogP contribution in [0.25, 0.3) is 0 Å². The zero-order valence-electron chi connectivity index (χ0n) is 12.3. The number of nitrogens with zero attached hydrogens (tertiary/aromatic N) is 1. The van der Waals surface area contributed by atoms with E-state index in [4.69, 9.17) is 5.73 Å². The highest BCUT2D eigenvalue weighted by Gasteiger charge is 2.67. The van der Waals surface area contributed by atoms with Crippen LogP contribution in [0.1, 0.15) is 23.2 Å². The van der Waals surface area contributed by atoms with Crippen LogP contribution in [0.5, 0.6) is 0 Å². The zero-order valence-corrected chi connectivity index (χ0v) is 12.3. The lowest BCUT2D eigenvalue weighted by molar-refractivity contribution is -0.150. The van der Waals surface area contributed by atoms with Crippen LogP contribution in [0.2, 0.25) is 0 Å². The molecule has 0 aromatic heterocycles. The molecule has 0 bridgehead atoms. The number of nitrogens with one attached hydrogen (secondary N) is 1. The van der Waals surface area contributed by atoms with E-state index in [0.29, 0.717) is 26.2 Å². The summed E-state index contributed by atoms with van der Waals surface area (Å²) in [6.07, 6.45) is 0.194. The molecule has 5 nitrogen and oxygen atoms in total. The molecule has 1 aliphatic heterocycles. The second-order valence-electron chi connectivity index (χ2n) is 6.01. The molecular formula is C16H20FN3O2. The molecule has 1 amide bonds. The third-order valence-electron chi connectivity index (χ3n) is 4.75. The van der Waals surface area contributed by atoms with E-state index < -0.39 is 22.9 Å². The number of hydrogen-bond donors (Lipinski definition) is 2. The maximum atomic E-state index is 15.3. The van der Waals surface area contributed by atoms with Crippen LogP contribution in [0, 0.1) is 0 Å². The Morgan fingerprint density at radius 2 is 1.77 bits per heavy atom. The molecule has 1 aromatic rings. The molecule has 2 unspecified atom stereocenters. The standard InChI is InChI=1S/C16H20FN3O2/c17-15(13(21)12-4-2-1-3-5-12)6-7-16(15,18)14(22)20-10-8-19-9-11-20/h1-5,19H,6-11,18H2. The summed E-state index contributed by atoms with van der Waals surface area (Å²) in [5.74, 6) is -1.14. The Hall–Kier alpha value is -1.79. The van der Waals surface area contributed by atoms with E-state index in [1.807, 2.05) is 0 Å². The number of benzene rings is 1. The van der Waals surface area contributed by atoms with Gasteiger partial charge in [-0.25, -0.2) is 4.39 Å². The van der Waals surface area contributed by atoms with E-state index in [1.165, 1.54) is 0 Å². The van der Waals surface area contributed by atoms with E-state index in [2.05, 4.69) is 5.32 Å². The molecule has 1 aliphatic carbocycles. The van der Waals surface area contributed by atoms with E-state index in [0.717, 1.165) is 0 Å². The molecule has 3 N–H and O–H groups in total. The minimum absolute atomic E-state index is 0.00490. The molecule has 0 spiro atoms. The first kappa shape index (κ1) is 15.1. The summed E-state index contributed by atoms with van der Waals surface area (Å²) in [5.41, 5.74) is 2.30. The van der Waals surface area contributed by atoms with E-state index in [9.17, 15) is 9.59 Å². The Balaban J connectivity index is 1.84. The summed E-state index contributed by atoms with van der Waals surface area (Å²) in [7, 11) is 0. The Morgan fingerprint density at radius 3 is 2.32 bits per heavy atom. The van der Waals surface area contributed by atoms with Gasteiger partial charge in [0.1, 0.15) is 5.54 Å². The van der Waals surface area contributed by atoms with Crippen molar-refractivity contribution in [3.63, 3.8) is 0 Å². The van der Waals surface area contributed by atoms with Gasteiger partial charge in [-0.1, -0.05) is 30.3 Å². The fourth-order valence-corrected chi connectivity index (χ4v) is 3.17. The van der Waals surface area contributed by atoms with E-state index in [-0.39, 0.29) is 18.4 Å². The SMILES string of the molecule is NC1(C(=O)N2CCNCC2)CCC1(F)C(=O)c1ccccc1. The van der Waals surface area contributed by atoms with Gasteiger partial charge >= 0.3 is 0 Å². The topological polar surface area (TPSA) is 75.4 Å². The number of piperazine rings is 1. The zero-order chi connectivity index (χ0) is 15.8. The maximum absolute atomic E-state index is 15.3. The molecule has 2 atom stereocenters. The molecule has 6 heteroatoms. The smallest absolute Gasteiger partial charge is 0.246 e. The summed E-state index contributed by atoms with van der Waals surface area (Å²) >= 11 is 0. The van der Waals surface area contributed by atoms with Gasteiger partial charge in [0.2, 0.25) is 11.7 Å². The monoisotopic (exact) mass is 305 g/mol. The van der Waals surface area contributed by atoms with Crippen LogP contribution in [-0.2, 0) is 4.79 Å². The third kappa shape index (κ3) is 2.14. The first-order chi connectivity index (χ1) is 10.5. The molecule has 1 aromatic carbocycles. The van der Waals surface area contributed by atoms with Gasteiger partial charge in [0.25, 0.3) is 0 Å². The second kappa shape index (κ2) is 5.44. The number of ketones is 1. The number of halogens is 1. The number of nitrogens with two attached hydrogens (primary N) is 1. The molecular weight excluding hydrogens is 285 g/mol. The van der Waals surface area contributed by atoms with Crippen molar-refractivity contribution in [2.45, 2.75) is 24.0 Å². The minimum atomic E-state index is -2.31. The fraction of sp³-hybridized carbons (Fsp3) is 0.500. The van der Waals surface area contributed by atoms with Gasteiger partial charge in [-0.3, -0.25) is 9.59 Å². The second-order valence-corrected chi connectivity index (χ2v) is 6.01. The summed E-state index contributed by atoms with van der Waals surface area (Å²) in [6.45, 7) is 2.31. The Bertz CT molecular complexity index is 588. The highest BCUT2D eigenvalue weighted by Crippen LogP contribution is 2.47. The van der Waals surface area contributed by atoms with Crippen molar-refractivity contribution in [2.24, 2.45) is 5.73 Å². The first-order valence-electron chi connectivity index (χ1n) is 7.57. The van der Waals surface area contributed by atoms with Crippen molar-refractivity contribution in [2.75, 3.05) is 26.2 Å². The predicted octanol–water partition coefficient (Wildman–Crippen LogP) is 0.501. The van der Waals surface area contributed by atoms with Crippen LogP contribution in [0.3, 0.4) is 0 Å². The molecule has 1 saturated heterocycles. The van der Waals surface area contributed by atoms with Gasteiger partial charge in [-0.2, -0.15) is 0 Å². The fourth-order valence-electron chi connectivity index (χ4n) is 3.17. The maximum Gasteiger partial charge on any atom is 0.246 e. The van der Waals surface area contributed by atoms with Crippen molar-refractivity contribution in [3.05, 3.63) is 35.9 Å². The number of rotatable bonds is 3. The quantitative estimate of drug-likeness (QED) is 0.798. The molecule has 3 rings (SSSR count). The van der Waals surface area contributed by atoms with Crippen LogP contribution in [-0.4, -0.2) is 54.0 Å². The van der Waals surface area contributed by atoms with Crippen molar-refractivity contribution >= 4 is 11.7 Å². The molecule has 2 aliphatic rings. The van der Waals surface area contributed by atoms with Crippen molar-refractivity contribution in [3.8, 4) is 0 Å². The Kier molecular flexibility index (Phi) is 3.74. The lowest BCUT2D eigenvalue weighted by atomic mass is 9.60. The summed E-state index contributed by atoms with van der Waals surface area (Å²) in [4.78, 5) is 26.7. The summed E-state index contributed by atoms with van der Waals surface area (Å²) in [5, 5.41) is 3.13. The van der Waals surface area contributed by atoms with Crippen LogP contribution in [0.15, 0.2) is 30.3 Å². The third-order valence-corrected chi connectivity index (χ3v) is 4.75. The molecule has 0 radical (unpaired) electrons. The van der Waals surface area contributed by atoms with E-state index in [1.54, 1.807) is 35.2 Å². The molecule has 118 valence electrons. The van der Waals surface area contributed by atoms with Crippen LogP contribution >= 0.6 is 0 Å². The largest absolute Gasteiger partial charge is 0.338 e. The van der Waals surface area contributed by atoms with Crippen LogP contribution in [0.4, 0.5) is 4.39 Å². The molecule has 1 saturated carbocycles. The number of carbonyl (C=O) groups excluding carboxylic acids is 2. The van der Waals surface area contributed by atoms with Gasteiger partial charge in [0.15, 0.2) is 5.67 Å². The Labute approximate surface area is 128 Å². The minimum Gasteiger partial charge on any atom is -0.338 e. The summed E-state index contributed by atoms with van der Waals surface area (Å²) in [6, 6.07) is 8.20. The average molecular weight is 305 g/mol. The number of amides is 1. The van der Waals surface area contributed by atoms with Crippen LogP contribution < -0.4 is 11.1 Å². The van der Waals surface area contributed by atoms with Gasteiger partial charge in [0.05, 0.1) is 0 Å². The summed E-state index contributed by atoms with van der Waals surface area (Å²) < 4.78 is 15.3. The average Bonchev–Trinajstić information content (AvgIpc) is 2.59. The number of carbonyl (C=O) groups is 2. The number of Topliss-reactive ketones (excluding diaryl/α,β-unsaturated/α-hetero) is 1. The van der Waals surface area contributed by atoms with Crippen molar-refractivity contribution in [1.29, 1.82) is 0 Å². The normalized spacial score (nSPS) is 31.5. The van der Waals surface area contributed by atoms with Crippen molar-refractivity contribution < 1.29 is 14.0 Å². The van der Waals surface area contributed by atoms with Crippen molar-refractivity contribution in [1.82, 2.24) is 10.2 Å². The first-order valence-corrected chi connectivity index (χ1v) is 7.57. The van der Waals surface area contributed by atoms with Gasteiger partial charge in [0, 0.05) is 31.7 Å². The highest BCUT2D eigenvalue weighted by molar-refractivity contribution is 6.09. The highest BCUT2D eigenvalue weighted by atomic mass is 19.1. The van der Waals surface area contributed by atoms with Gasteiger partial charge < -0.3 is 16.0 Å². The van der Waals surface area contributed by atoms with E-state index >= 15 is 4.39 Å². The predicted molar refractivity (Wildman–Crippen MR) is 80.2 cm³/mol. The molecule has 2 fully saturated rings.